The number of hydrogen-bond donors (Lipinski definition) is 2. The first-order valence-corrected chi connectivity index (χ1v) is 6.24. The zero-order valence-electron chi connectivity index (χ0n) is 11.2. The Morgan fingerprint density at radius 1 is 1.53 bits per heavy atom. The molecule has 19 heavy (non-hydrogen) atoms. The Kier molecular flexibility index (Phi) is 5.14. The molecule has 1 rings (SSSR count). The van der Waals surface area contributed by atoms with Crippen LogP contribution in [0.4, 0.5) is 14.9 Å². The summed E-state index contributed by atoms with van der Waals surface area (Å²) in [5.41, 5.74) is 5.32. The van der Waals surface area contributed by atoms with Crippen LogP contribution in [-0.4, -0.2) is 18.2 Å². The molecule has 0 aromatic heterocycles. The van der Waals surface area contributed by atoms with Crippen molar-refractivity contribution in [3.05, 3.63) is 28.8 Å². The molecule has 0 bridgehead atoms. The fourth-order valence-corrected chi connectivity index (χ4v) is 1.65. The summed E-state index contributed by atoms with van der Waals surface area (Å²) in [6, 6.07) is 4.52. The smallest absolute Gasteiger partial charge is 0.412 e. The summed E-state index contributed by atoms with van der Waals surface area (Å²) in [5.74, 6) is 0. The van der Waals surface area contributed by atoms with Gasteiger partial charge in [0, 0.05) is 22.8 Å². The van der Waals surface area contributed by atoms with Gasteiger partial charge in [0.05, 0.1) is 0 Å². The molecule has 0 spiro atoms. The van der Waals surface area contributed by atoms with E-state index in [1.807, 2.05) is 0 Å². The fraction of sp³-hybridized carbons (Fsp3) is 0.462. The van der Waals surface area contributed by atoms with E-state index in [1.165, 1.54) is 12.1 Å². The van der Waals surface area contributed by atoms with E-state index in [4.69, 9.17) is 22.1 Å². The van der Waals surface area contributed by atoms with Gasteiger partial charge in [0.25, 0.3) is 0 Å². The number of rotatable bonds is 3. The number of carbonyl (C=O) groups is 1. The molecule has 1 unspecified atom stereocenters. The van der Waals surface area contributed by atoms with Crippen molar-refractivity contribution in [3.63, 3.8) is 0 Å². The number of hydrogen-bond acceptors (Lipinski definition) is 3. The van der Waals surface area contributed by atoms with E-state index in [1.54, 1.807) is 26.8 Å². The highest BCUT2D eigenvalue weighted by Crippen LogP contribution is 2.28. The van der Waals surface area contributed by atoms with Crippen molar-refractivity contribution in [1.82, 2.24) is 0 Å². The normalized spacial score (nSPS) is 12.9. The number of nitrogens with one attached hydrogen (secondary N) is 1. The Bertz CT molecular complexity index is 460. The van der Waals surface area contributed by atoms with E-state index in [0.29, 0.717) is 5.69 Å². The van der Waals surface area contributed by atoms with Crippen LogP contribution in [0.2, 0.25) is 5.02 Å². The van der Waals surface area contributed by atoms with Gasteiger partial charge in [-0.15, -0.1) is 0 Å². The highest BCUT2D eigenvalue weighted by atomic mass is 35.5. The zero-order valence-corrected chi connectivity index (χ0v) is 11.9. The highest BCUT2D eigenvalue weighted by molar-refractivity contribution is 6.31. The first kappa shape index (κ1) is 15.7. The fourth-order valence-electron chi connectivity index (χ4n) is 1.41. The van der Waals surface area contributed by atoms with E-state index < -0.39 is 17.9 Å². The zero-order chi connectivity index (χ0) is 14.6. The molecule has 0 heterocycles. The van der Waals surface area contributed by atoms with Gasteiger partial charge < -0.3 is 10.5 Å². The molecule has 0 aliphatic carbocycles. The predicted octanol–water partition coefficient (Wildman–Crippen LogP) is 3.66. The maximum atomic E-state index is 13.6. The summed E-state index contributed by atoms with van der Waals surface area (Å²) in [5, 5.41) is 2.79. The van der Waals surface area contributed by atoms with E-state index in [-0.39, 0.29) is 17.1 Å². The summed E-state index contributed by atoms with van der Waals surface area (Å²) in [7, 11) is 0. The van der Waals surface area contributed by atoms with Gasteiger partial charge in [-0.05, 0) is 39.0 Å². The van der Waals surface area contributed by atoms with Gasteiger partial charge in [0.15, 0.2) is 0 Å². The minimum absolute atomic E-state index is 0.171. The van der Waals surface area contributed by atoms with Crippen LogP contribution < -0.4 is 11.1 Å². The maximum Gasteiger partial charge on any atom is 0.412 e. The van der Waals surface area contributed by atoms with E-state index >= 15 is 0 Å². The number of benzene rings is 1. The summed E-state index contributed by atoms with van der Waals surface area (Å²) in [6.45, 7) is 5.10. The maximum absolute atomic E-state index is 13.6. The second kappa shape index (κ2) is 6.21. The quantitative estimate of drug-likeness (QED) is 0.892. The standard InChI is InChI=1S/C13H18ClFN2O2/c1-13(2,3)19-12(18)17-8-4-5-10(14)9(6-8)11(15)7-16/h4-6,11H,7,16H2,1-3H3,(H,17,18). The topological polar surface area (TPSA) is 64.3 Å². The average molecular weight is 289 g/mol. The molecule has 0 aliphatic rings. The Hall–Kier alpha value is -1.33. The lowest BCUT2D eigenvalue weighted by molar-refractivity contribution is 0.0636. The van der Waals surface area contributed by atoms with Gasteiger partial charge in [-0.1, -0.05) is 11.6 Å². The molecule has 4 nitrogen and oxygen atoms in total. The third-order valence-electron chi connectivity index (χ3n) is 2.19. The van der Waals surface area contributed by atoms with Crippen LogP contribution in [0, 0.1) is 0 Å². The molecule has 6 heteroatoms. The lowest BCUT2D eigenvalue weighted by Crippen LogP contribution is -2.27. The molecule has 0 saturated carbocycles. The number of nitrogens with two attached hydrogens (primary N) is 1. The molecule has 0 radical (unpaired) electrons. The van der Waals surface area contributed by atoms with Gasteiger partial charge in [-0.25, -0.2) is 9.18 Å². The van der Waals surface area contributed by atoms with E-state index in [9.17, 15) is 9.18 Å². The summed E-state index contributed by atoms with van der Waals surface area (Å²) in [6.07, 6.45) is -1.98. The molecular formula is C13H18ClFN2O2. The van der Waals surface area contributed by atoms with Crippen molar-refractivity contribution in [1.29, 1.82) is 0 Å². The van der Waals surface area contributed by atoms with Crippen LogP contribution in [0.15, 0.2) is 18.2 Å². The van der Waals surface area contributed by atoms with Gasteiger partial charge in [0.1, 0.15) is 11.8 Å². The Labute approximate surface area is 117 Å². The van der Waals surface area contributed by atoms with Crippen molar-refractivity contribution in [3.8, 4) is 0 Å². The SMILES string of the molecule is CC(C)(C)OC(=O)Nc1ccc(Cl)c(C(F)CN)c1. The second-order valence-electron chi connectivity index (χ2n) is 5.07. The molecule has 106 valence electrons. The molecule has 1 atom stereocenters. The summed E-state index contributed by atoms with van der Waals surface area (Å²) < 4.78 is 18.7. The third-order valence-corrected chi connectivity index (χ3v) is 2.53. The first-order chi connectivity index (χ1) is 8.73. The molecular weight excluding hydrogens is 271 g/mol. The summed E-state index contributed by atoms with van der Waals surface area (Å²) in [4.78, 5) is 11.6. The van der Waals surface area contributed by atoms with E-state index in [2.05, 4.69) is 5.32 Å². The first-order valence-electron chi connectivity index (χ1n) is 5.86. The van der Waals surface area contributed by atoms with E-state index in [0.717, 1.165) is 0 Å². The van der Waals surface area contributed by atoms with Gasteiger partial charge >= 0.3 is 6.09 Å². The minimum Gasteiger partial charge on any atom is -0.444 e. The predicted molar refractivity (Wildman–Crippen MR) is 74.2 cm³/mol. The Balaban J connectivity index is 2.83. The average Bonchev–Trinajstić information content (AvgIpc) is 2.28. The molecule has 1 aromatic rings. The highest BCUT2D eigenvalue weighted by Gasteiger charge is 2.17. The van der Waals surface area contributed by atoms with Gasteiger partial charge in [0.2, 0.25) is 0 Å². The molecule has 1 amide bonds. The van der Waals surface area contributed by atoms with Crippen LogP contribution >= 0.6 is 11.6 Å². The van der Waals surface area contributed by atoms with Gasteiger partial charge in [-0.2, -0.15) is 0 Å². The minimum atomic E-state index is -1.37. The number of anilines is 1. The Morgan fingerprint density at radius 2 is 2.16 bits per heavy atom. The number of halogens is 2. The lowest BCUT2D eigenvalue weighted by atomic mass is 10.1. The molecule has 0 aliphatic heterocycles. The Morgan fingerprint density at radius 3 is 2.68 bits per heavy atom. The van der Waals surface area contributed by atoms with Crippen LogP contribution in [-0.2, 0) is 4.74 Å². The van der Waals surface area contributed by atoms with Crippen molar-refractivity contribution in [2.24, 2.45) is 5.73 Å². The molecule has 0 saturated heterocycles. The lowest BCUT2D eigenvalue weighted by Gasteiger charge is -2.20. The number of alkyl halides is 1. The number of amides is 1. The second-order valence-corrected chi connectivity index (χ2v) is 5.47. The summed E-state index contributed by atoms with van der Waals surface area (Å²) >= 11 is 5.87. The van der Waals surface area contributed by atoms with Crippen molar-refractivity contribution >= 4 is 23.4 Å². The van der Waals surface area contributed by atoms with Crippen LogP contribution in [0.3, 0.4) is 0 Å². The van der Waals surface area contributed by atoms with Crippen LogP contribution in [0.25, 0.3) is 0 Å². The van der Waals surface area contributed by atoms with Crippen molar-refractivity contribution in [2.45, 2.75) is 32.5 Å². The van der Waals surface area contributed by atoms with Crippen molar-refractivity contribution < 1.29 is 13.9 Å². The van der Waals surface area contributed by atoms with Crippen LogP contribution in [0.5, 0.6) is 0 Å². The molecule has 0 fully saturated rings. The largest absolute Gasteiger partial charge is 0.444 e. The molecule has 1 aromatic carbocycles. The van der Waals surface area contributed by atoms with Crippen molar-refractivity contribution in [2.75, 3.05) is 11.9 Å². The molecule has 3 N–H and O–H groups in total. The number of ether oxygens (including phenoxy) is 1. The monoisotopic (exact) mass is 288 g/mol. The van der Waals surface area contributed by atoms with Crippen LogP contribution in [0.1, 0.15) is 32.5 Å². The van der Waals surface area contributed by atoms with Gasteiger partial charge in [-0.3, -0.25) is 5.32 Å². The number of carbonyl (C=O) groups excluding carboxylic acids is 1. The third kappa shape index (κ3) is 5.04.